The molecule has 1 aliphatic carbocycles. The number of halogens is 2. The van der Waals surface area contributed by atoms with Crippen LogP contribution in [0.1, 0.15) is 18.4 Å². The summed E-state index contributed by atoms with van der Waals surface area (Å²) in [7, 11) is -3.68. The van der Waals surface area contributed by atoms with Crippen molar-refractivity contribution in [3.63, 3.8) is 0 Å². The molecular formula is C22H20Cl2N4O3S2. The van der Waals surface area contributed by atoms with Crippen molar-refractivity contribution in [2.24, 2.45) is 0 Å². The van der Waals surface area contributed by atoms with Gasteiger partial charge in [-0.2, -0.15) is 0 Å². The zero-order valence-corrected chi connectivity index (χ0v) is 20.4. The van der Waals surface area contributed by atoms with Crippen molar-refractivity contribution in [3.8, 4) is 0 Å². The summed E-state index contributed by atoms with van der Waals surface area (Å²) < 4.78 is 27.4. The van der Waals surface area contributed by atoms with E-state index in [0.29, 0.717) is 28.3 Å². The first kappa shape index (κ1) is 22.5. The number of aromatic nitrogens is 1. The number of amides is 1. The molecule has 33 heavy (non-hydrogen) atoms. The molecule has 2 fully saturated rings. The summed E-state index contributed by atoms with van der Waals surface area (Å²) in [4.78, 5) is 19.2. The largest absolute Gasteiger partial charge is 0.367 e. The molecule has 2 aromatic carbocycles. The van der Waals surface area contributed by atoms with Gasteiger partial charge in [0.15, 0.2) is 5.13 Å². The van der Waals surface area contributed by atoms with E-state index in [4.69, 9.17) is 23.2 Å². The number of thiazole rings is 1. The van der Waals surface area contributed by atoms with E-state index in [9.17, 15) is 13.2 Å². The maximum Gasteiger partial charge on any atom is 0.263 e. The Morgan fingerprint density at radius 1 is 1.12 bits per heavy atom. The molecule has 0 unspecified atom stereocenters. The lowest BCUT2D eigenvalue weighted by Crippen LogP contribution is -2.60. The highest BCUT2D eigenvalue weighted by molar-refractivity contribution is 7.93. The fourth-order valence-corrected chi connectivity index (χ4v) is 6.39. The van der Waals surface area contributed by atoms with Gasteiger partial charge in [0.2, 0.25) is 5.91 Å². The average molecular weight is 523 g/mol. The number of hydrogen-bond donors (Lipinski definition) is 2. The van der Waals surface area contributed by atoms with Crippen LogP contribution in [0.15, 0.2) is 58.9 Å². The molecule has 0 bridgehead atoms. The van der Waals surface area contributed by atoms with E-state index >= 15 is 0 Å². The molecule has 11 heteroatoms. The number of anilines is 2. The Bertz CT molecular complexity index is 1290. The van der Waals surface area contributed by atoms with Gasteiger partial charge in [-0.05, 0) is 54.8 Å². The molecule has 2 heterocycles. The summed E-state index contributed by atoms with van der Waals surface area (Å²) in [5.74, 6) is -0.00826. The molecule has 1 aromatic heterocycles. The maximum absolute atomic E-state index is 13.0. The van der Waals surface area contributed by atoms with Gasteiger partial charge >= 0.3 is 0 Å². The first-order chi connectivity index (χ1) is 15.8. The van der Waals surface area contributed by atoms with E-state index in [0.717, 1.165) is 24.1 Å². The van der Waals surface area contributed by atoms with Crippen molar-refractivity contribution < 1.29 is 13.2 Å². The van der Waals surface area contributed by atoms with Crippen LogP contribution in [0.4, 0.5) is 10.8 Å². The minimum Gasteiger partial charge on any atom is -0.367 e. The topological polar surface area (TPSA) is 91.4 Å². The van der Waals surface area contributed by atoms with E-state index in [-0.39, 0.29) is 16.8 Å². The van der Waals surface area contributed by atoms with Crippen molar-refractivity contribution in [1.29, 1.82) is 0 Å². The van der Waals surface area contributed by atoms with Gasteiger partial charge in [0.1, 0.15) is 0 Å². The van der Waals surface area contributed by atoms with Crippen molar-refractivity contribution >= 4 is 61.3 Å². The molecule has 1 saturated heterocycles. The van der Waals surface area contributed by atoms with Crippen LogP contribution in [0, 0.1) is 0 Å². The van der Waals surface area contributed by atoms with Gasteiger partial charge < -0.3 is 10.2 Å². The third-order valence-corrected chi connectivity index (χ3v) is 8.73. The van der Waals surface area contributed by atoms with Crippen molar-refractivity contribution in [2.45, 2.75) is 29.2 Å². The molecule has 1 saturated carbocycles. The van der Waals surface area contributed by atoms with Crippen LogP contribution in [0.25, 0.3) is 0 Å². The standard InChI is InChI=1S/C22H20Cl2N4O3S2/c23-14-1-6-18(19(24)11-14)22(7-8-22)20(29)26-15-12-28(13-15)16-2-4-17(5-3-16)33(30,31)27-21-25-9-10-32-21/h1-6,9-11,15H,7-8,12-13H2,(H,25,27)(H,26,29). The average Bonchev–Trinajstić information content (AvgIpc) is 3.40. The molecule has 7 nitrogen and oxygen atoms in total. The third kappa shape index (κ3) is 4.42. The van der Waals surface area contributed by atoms with Gasteiger partial charge in [-0.25, -0.2) is 13.4 Å². The minimum atomic E-state index is -3.68. The molecule has 1 amide bonds. The number of hydrogen-bond acceptors (Lipinski definition) is 6. The maximum atomic E-state index is 13.0. The zero-order valence-electron chi connectivity index (χ0n) is 17.3. The first-order valence-electron chi connectivity index (χ1n) is 10.3. The van der Waals surface area contributed by atoms with E-state index in [1.165, 1.54) is 11.3 Å². The summed E-state index contributed by atoms with van der Waals surface area (Å²) in [5.41, 5.74) is 1.16. The van der Waals surface area contributed by atoms with Crippen LogP contribution in [-0.2, 0) is 20.2 Å². The van der Waals surface area contributed by atoms with Crippen LogP contribution in [0.5, 0.6) is 0 Å². The molecule has 3 aromatic rings. The lowest BCUT2D eigenvalue weighted by molar-refractivity contribution is -0.124. The number of carbonyl (C=O) groups is 1. The van der Waals surface area contributed by atoms with Crippen molar-refractivity contribution in [3.05, 3.63) is 69.7 Å². The van der Waals surface area contributed by atoms with E-state index in [2.05, 4.69) is 19.9 Å². The van der Waals surface area contributed by atoms with Gasteiger partial charge in [0, 0.05) is 40.4 Å². The van der Waals surface area contributed by atoms with Crippen LogP contribution in [0.3, 0.4) is 0 Å². The second-order valence-electron chi connectivity index (χ2n) is 8.22. The minimum absolute atomic E-state index is 0.00826. The summed E-state index contributed by atoms with van der Waals surface area (Å²) >= 11 is 13.6. The number of sulfonamides is 1. The van der Waals surface area contributed by atoms with E-state index in [1.807, 2.05) is 6.07 Å². The number of nitrogens with zero attached hydrogens (tertiary/aromatic N) is 2. The molecule has 0 spiro atoms. The third-order valence-electron chi connectivity index (χ3n) is 6.01. The summed E-state index contributed by atoms with van der Waals surface area (Å²) in [6, 6.07) is 12.0. The summed E-state index contributed by atoms with van der Waals surface area (Å²) in [6.45, 7) is 1.30. The van der Waals surface area contributed by atoms with Crippen LogP contribution < -0.4 is 14.9 Å². The Morgan fingerprint density at radius 3 is 2.45 bits per heavy atom. The fraction of sp³-hybridized carbons (Fsp3) is 0.273. The first-order valence-corrected chi connectivity index (χ1v) is 13.4. The highest BCUT2D eigenvalue weighted by atomic mass is 35.5. The van der Waals surface area contributed by atoms with Crippen LogP contribution in [-0.4, -0.2) is 38.4 Å². The van der Waals surface area contributed by atoms with Crippen molar-refractivity contribution in [1.82, 2.24) is 10.3 Å². The molecule has 2 N–H and O–H groups in total. The Kier molecular flexibility index (Phi) is 5.76. The second-order valence-corrected chi connectivity index (χ2v) is 11.6. The Morgan fingerprint density at radius 2 is 1.85 bits per heavy atom. The lowest BCUT2D eigenvalue weighted by atomic mass is 9.94. The zero-order chi connectivity index (χ0) is 23.2. The van der Waals surface area contributed by atoms with Crippen molar-refractivity contribution in [2.75, 3.05) is 22.7 Å². The molecular weight excluding hydrogens is 503 g/mol. The SMILES string of the molecule is O=C(NC1CN(c2ccc(S(=O)(=O)Nc3nccs3)cc2)C1)C1(c2ccc(Cl)cc2Cl)CC1. The highest BCUT2D eigenvalue weighted by Crippen LogP contribution is 2.51. The normalized spacial score (nSPS) is 17.3. The predicted molar refractivity (Wildman–Crippen MR) is 131 cm³/mol. The predicted octanol–water partition coefficient (Wildman–Crippen LogP) is 4.29. The number of rotatable bonds is 7. The van der Waals surface area contributed by atoms with Gasteiger partial charge in [-0.15, -0.1) is 11.3 Å². The van der Waals surface area contributed by atoms with E-state index < -0.39 is 15.4 Å². The summed E-state index contributed by atoms with van der Waals surface area (Å²) in [5, 5.41) is 6.23. The van der Waals surface area contributed by atoms with Gasteiger partial charge in [0.05, 0.1) is 16.4 Å². The van der Waals surface area contributed by atoms with E-state index in [1.54, 1.807) is 48.0 Å². The molecule has 0 radical (unpaired) electrons. The molecule has 5 rings (SSSR count). The summed E-state index contributed by atoms with van der Waals surface area (Å²) in [6.07, 6.45) is 3.07. The van der Waals surface area contributed by atoms with Gasteiger partial charge in [0.25, 0.3) is 10.0 Å². The van der Waals surface area contributed by atoms with Gasteiger partial charge in [-0.3, -0.25) is 9.52 Å². The smallest absolute Gasteiger partial charge is 0.263 e. The number of benzene rings is 2. The molecule has 2 aliphatic rings. The monoisotopic (exact) mass is 522 g/mol. The highest BCUT2D eigenvalue weighted by Gasteiger charge is 2.53. The fourth-order valence-electron chi connectivity index (χ4n) is 4.01. The quantitative estimate of drug-likeness (QED) is 0.482. The Hall–Kier alpha value is -2.33. The molecule has 172 valence electrons. The Balaban J connectivity index is 1.18. The van der Waals surface area contributed by atoms with Crippen LogP contribution >= 0.6 is 34.5 Å². The number of carbonyl (C=O) groups excluding carboxylic acids is 1. The van der Waals surface area contributed by atoms with Crippen LogP contribution in [0.2, 0.25) is 10.0 Å². The molecule has 0 atom stereocenters. The van der Waals surface area contributed by atoms with Gasteiger partial charge in [-0.1, -0.05) is 29.3 Å². The molecule has 1 aliphatic heterocycles. The Labute approximate surface area is 205 Å². The number of nitrogens with one attached hydrogen (secondary N) is 2. The second kappa shape index (κ2) is 8.47. The lowest BCUT2D eigenvalue weighted by Gasteiger charge is -2.42.